The van der Waals surface area contributed by atoms with Crippen LogP contribution < -0.4 is 0 Å². The molecule has 3 nitrogen and oxygen atoms in total. The highest BCUT2D eigenvalue weighted by atomic mass is 16.2. The Morgan fingerprint density at radius 2 is 0.833 bits per heavy atom. The Morgan fingerprint density at radius 3 is 1.22 bits per heavy atom. The van der Waals surface area contributed by atoms with Crippen molar-refractivity contribution in [1.29, 1.82) is 0 Å². The number of hydrogen-bond donors (Lipinski definition) is 3. The molecular weight excluding hydrogens is 228 g/mol. The SMILES string of the molecule is OC=C1CCCCC(=CO)CCC(=CO)CCC1. The van der Waals surface area contributed by atoms with Crippen LogP contribution in [0.4, 0.5) is 0 Å². The molecule has 0 unspecified atom stereocenters. The minimum Gasteiger partial charge on any atom is -0.516 e. The summed E-state index contributed by atoms with van der Waals surface area (Å²) in [5.74, 6) is 0. The zero-order valence-electron chi connectivity index (χ0n) is 10.9. The maximum absolute atomic E-state index is 9.17. The van der Waals surface area contributed by atoms with E-state index < -0.39 is 0 Å². The van der Waals surface area contributed by atoms with E-state index in [4.69, 9.17) is 15.3 Å². The van der Waals surface area contributed by atoms with E-state index in [9.17, 15) is 0 Å². The van der Waals surface area contributed by atoms with Gasteiger partial charge >= 0.3 is 0 Å². The molecule has 0 spiro atoms. The maximum atomic E-state index is 9.17. The first kappa shape index (κ1) is 14.7. The fraction of sp³-hybridized carbons (Fsp3) is 0.600. The van der Waals surface area contributed by atoms with E-state index in [2.05, 4.69) is 0 Å². The molecule has 3 heteroatoms. The average molecular weight is 252 g/mol. The van der Waals surface area contributed by atoms with Crippen LogP contribution in [-0.2, 0) is 0 Å². The Bertz CT molecular complexity index is 327. The Morgan fingerprint density at radius 1 is 0.500 bits per heavy atom. The molecular formula is C15H24O3. The minimum absolute atomic E-state index is 0.807. The molecule has 0 amide bonds. The van der Waals surface area contributed by atoms with Gasteiger partial charge in [0, 0.05) is 0 Å². The minimum atomic E-state index is 0.807. The van der Waals surface area contributed by atoms with Crippen LogP contribution in [0.5, 0.6) is 0 Å². The van der Waals surface area contributed by atoms with Gasteiger partial charge in [0.1, 0.15) is 0 Å². The van der Waals surface area contributed by atoms with Crippen LogP contribution in [0, 0.1) is 0 Å². The van der Waals surface area contributed by atoms with Crippen molar-refractivity contribution in [2.45, 2.75) is 57.8 Å². The molecule has 0 aromatic rings. The largest absolute Gasteiger partial charge is 0.516 e. The fourth-order valence-electron chi connectivity index (χ4n) is 2.33. The van der Waals surface area contributed by atoms with Crippen LogP contribution in [0.25, 0.3) is 0 Å². The first-order chi connectivity index (χ1) is 8.80. The van der Waals surface area contributed by atoms with Crippen molar-refractivity contribution in [1.82, 2.24) is 0 Å². The summed E-state index contributed by atoms with van der Waals surface area (Å²) in [6, 6.07) is 0. The van der Waals surface area contributed by atoms with Gasteiger partial charge in [-0.3, -0.25) is 0 Å². The van der Waals surface area contributed by atoms with E-state index >= 15 is 0 Å². The van der Waals surface area contributed by atoms with Crippen molar-refractivity contribution in [2.24, 2.45) is 0 Å². The standard InChI is InChI=1S/C15H24O3/c16-10-13-4-1-2-5-14(11-17)8-9-15(12-18)7-3-6-13/h10-12,16-18H,1-9H2. The monoisotopic (exact) mass is 252 g/mol. The number of allylic oxidation sites excluding steroid dienone is 3. The van der Waals surface area contributed by atoms with Crippen LogP contribution in [0.3, 0.4) is 0 Å². The van der Waals surface area contributed by atoms with Gasteiger partial charge in [0.05, 0.1) is 18.8 Å². The summed E-state index contributed by atoms with van der Waals surface area (Å²) in [5.41, 5.74) is 3.15. The Hall–Kier alpha value is -1.38. The Balaban J connectivity index is 2.61. The Kier molecular flexibility index (Phi) is 7.07. The second-order valence-electron chi connectivity index (χ2n) is 4.92. The van der Waals surface area contributed by atoms with E-state index in [1.807, 2.05) is 0 Å². The van der Waals surface area contributed by atoms with E-state index in [-0.39, 0.29) is 0 Å². The molecule has 102 valence electrons. The van der Waals surface area contributed by atoms with Crippen LogP contribution >= 0.6 is 0 Å². The normalized spacial score (nSPS) is 27.0. The molecule has 0 aromatic heterocycles. The summed E-state index contributed by atoms with van der Waals surface area (Å²) in [6.45, 7) is 0. The highest BCUT2D eigenvalue weighted by molar-refractivity contribution is 5.07. The van der Waals surface area contributed by atoms with Crippen molar-refractivity contribution in [3.63, 3.8) is 0 Å². The lowest BCUT2D eigenvalue weighted by Gasteiger charge is -2.12. The molecule has 0 bridgehead atoms. The molecule has 0 aliphatic heterocycles. The third kappa shape index (κ3) is 5.30. The molecule has 1 fully saturated rings. The first-order valence-corrected chi connectivity index (χ1v) is 6.76. The van der Waals surface area contributed by atoms with Crippen molar-refractivity contribution in [2.75, 3.05) is 0 Å². The molecule has 0 radical (unpaired) electrons. The van der Waals surface area contributed by atoms with Gasteiger partial charge in [0.2, 0.25) is 0 Å². The fourth-order valence-corrected chi connectivity index (χ4v) is 2.33. The number of hydrogen-bond acceptors (Lipinski definition) is 3. The molecule has 1 aliphatic rings. The quantitative estimate of drug-likeness (QED) is 0.541. The third-order valence-electron chi connectivity index (χ3n) is 3.56. The summed E-state index contributed by atoms with van der Waals surface area (Å²) in [7, 11) is 0. The second-order valence-corrected chi connectivity index (χ2v) is 4.92. The van der Waals surface area contributed by atoms with E-state index in [1.165, 1.54) is 18.8 Å². The van der Waals surface area contributed by atoms with Crippen molar-refractivity contribution in [3.8, 4) is 0 Å². The van der Waals surface area contributed by atoms with Crippen LogP contribution in [0.1, 0.15) is 57.8 Å². The molecule has 1 aliphatic carbocycles. The van der Waals surface area contributed by atoms with Gasteiger partial charge in [-0.05, 0) is 74.5 Å². The predicted octanol–water partition coefficient (Wildman–Crippen LogP) is 4.84. The second kappa shape index (κ2) is 8.67. The topological polar surface area (TPSA) is 60.7 Å². The van der Waals surface area contributed by atoms with Gasteiger partial charge in [-0.2, -0.15) is 0 Å². The highest BCUT2D eigenvalue weighted by Gasteiger charge is 2.07. The zero-order valence-corrected chi connectivity index (χ0v) is 10.9. The maximum Gasteiger partial charge on any atom is 0.0783 e. The molecule has 0 heterocycles. The molecule has 0 aromatic carbocycles. The van der Waals surface area contributed by atoms with Crippen molar-refractivity contribution in [3.05, 3.63) is 35.5 Å². The van der Waals surface area contributed by atoms with Crippen LogP contribution in [-0.4, -0.2) is 15.3 Å². The first-order valence-electron chi connectivity index (χ1n) is 6.76. The summed E-state index contributed by atoms with van der Waals surface area (Å²) < 4.78 is 0. The lowest BCUT2D eigenvalue weighted by atomic mass is 9.94. The van der Waals surface area contributed by atoms with Gasteiger partial charge in [-0.25, -0.2) is 0 Å². The molecule has 3 N–H and O–H groups in total. The zero-order chi connectivity index (χ0) is 13.2. The average Bonchev–Trinajstić information content (AvgIpc) is 2.39. The number of aliphatic hydroxyl groups is 3. The smallest absolute Gasteiger partial charge is 0.0783 e. The van der Waals surface area contributed by atoms with Gasteiger partial charge in [0.25, 0.3) is 0 Å². The Labute approximate surface area is 109 Å². The lowest BCUT2D eigenvalue weighted by molar-refractivity contribution is 0.447. The molecule has 0 saturated heterocycles. The van der Waals surface area contributed by atoms with Gasteiger partial charge in [-0.15, -0.1) is 0 Å². The molecule has 1 rings (SSSR count). The van der Waals surface area contributed by atoms with Crippen molar-refractivity contribution >= 4 is 0 Å². The van der Waals surface area contributed by atoms with E-state index in [0.29, 0.717) is 0 Å². The lowest BCUT2D eigenvalue weighted by Crippen LogP contribution is -1.95. The van der Waals surface area contributed by atoms with E-state index in [0.717, 1.165) is 74.5 Å². The molecule has 18 heavy (non-hydrogen) atoms. The van der Waals surface area contributed by atoms with Gasteiger partial charge < -0.3 is 15.3 Å². The van der Waals surface area contributed by atoms with E-state index in [1.54, 1.807) is 0 Å². The third-order valence-corrected chi connectivity index (χ3v) is 3.56. The summed E-state index contributed by atoms with van der Waals surface area (Å²) in [4.78, 5) is 0. The van der Waals surface area contributed by atoms with Crippen LogP contribution in [0.2, 0.25) is 0 Å². The number of rotatable bonds is 0. The summed E-state index contributed by atoms with van der Waals surface area (Å²) >= 11 is 0. The predicted molar refractivity (Wildman–Crippen MR) is 73.7 cm³/mol. The molecule has 1 saturated carbocycles. The summed E-state index contributed by atoms with van der Waals surface area (Å²) in [6.07, 6.45) is 11.9. The van der Waals surface area contributed by atoms with Gasteiger partial charge in [-0.1, -0.05) is 0 Å². The van der Waals surface area contributed by atoms with Crippen LogP contribution in [0.15, 0.2) is 35.5 Å². The molecule has 0 atom stereocenters. The van der Waals surface area contributed by atoms with Gasteiger partial charge in [0.15, 0.2) is 0 Å². The number of aliphatic hydroxyl groups excluding tert-OH is 3. The van der Waals surface area contributed by atoms with Crippen molar-refractivity contribution < 1.29 is 15.3 Å². The summed E-state index contributed by atoms with van der Waals surface area (Å²) in [5, 5.41) is 27.5. The highest BCUT2D eigenvalue weighted by Crippen LogP contribution is 2.24.